The van der Waals surface area contributed by atoms with Crippen molar-refractivity contribution in [2.75, 3.05) is 137 Å². The highest BCUT2D eigenvalue weighted by atomic mass is 16.3. The van der Waals surface area contributed by atoms with Gasteiger partial charge in [0.2, 0.25) is 0 Å². The molecule has 8 N–H and O–H groups in total. The molecule has 21 rings (SSSR count). The van der Waals surface area contributed by atoms with Gasteiger partial charge < -0.3 is 74.3 Å². The van der Waals surface area contributed by atoms with Gasteiger partial charge in [0.05, 0.1) is 5.39 Å². The van der Waals surface area contributed by atoms with Crippen molar-refractivity contribution in [1.82, 2.24) is 69.2 Å². The van der Waals surface area contributed by atoms with E-state index in [4.69, 9.17) is 0 Å². The molecule has 7 aromatic heterocycles. The molecule has 7 saturated heterocycles. The number of aromatic hydroxyl groups is 1. The maximum absolute atomic E-state index is 12.1. The summed E-state index contributed by atoms with van der Waals surface area (Å²) in [6.07, 6.45) is 32.3. The summed E-state index contributed by atoms with van der Waals surface area (Å²) < 4.78 is 0. The summed E-state index contributed by atoms with van der Waals surface area (Å²) in [5.41, 5.74) is 10.9. The highest BCUT2D eigenvalue weighted by molar-refractivity contribution is 5.89. The van der Waals surface area contributed by atoms with Crippen molar-refractivity contribution in [3.05, 3.63) is 317 Å². The third-order valence-electron chi connectivity index (χ3n) is 28.5. The molecule has 0 saturated carbocycles. The number of H-pyrrole nitrogens is 7. The third kappa shape index (κ3) is 28.6. The number of hydrogen-bond donors (Lipinski definition) is 8. The second-order valence-corrected chi connectivity index (χ2v) is 38.7. The Bertz CT molecular complexity index is 6570. The number of likely N-dealkylation sites (tertiary alicyclic amines) is 7. The Kier molecular flexibility index (Phi) is 36.8. The molecule has 14 aromatic rings. The Balaban J connectivity index is 0.000000121. The molecule has 0 bridgehead atoms. The van der Waals surface area contributed by atoms with Crippen LogP contribution in [0.2, 0.25) is 0 Å². The minimum Gasteiger partial charge on any atom is -0.507 e. The number of nitrogens with zero attached hydrogens (tertiary/aromatic N) is 7. The fourth-order valence-electron chi connectivity index (χ4n) is 20.7. The van der Waals surface area contributed by atoms with E-state index in [1.807, 2.05) is 115 Å². The van der Waals surface area contributed by atoms with Gasteiger partial charge in [-0.3, -0.25) is 33.6 Å². The van der Waals surface area contributed by atoms with Crippen LogP contribution in [-0.2, 0) is 44.9 Å². The van der Waals surface area contributed by atoms with Crippen molar-refractivity contribution in [3.63, 3.8) is 0 Å². The van der Waals surface area contributed by atoms with Gasteiger partial charge in [-0.05, 0) is 400 Å². The minimum absolute atomic E-state index is 0.0320. The van der Waals surface area contributed by atoms with E-state index >= 15 is 0 Å². The van der Waals surface area contributed by atoms with Gasteiger partial charge in [0.1, 0.15) is 5.75 Å². The molecule has 0 spiro atoms. The Morgan fingerprint density at radius 2 is 0.404 bits per heavy atom. The molecule has 7 aliphatic heterocycles. The van der Waals surface area contributed by atoms with Gasteiger partial charge in [-0.1, -0.05) is 116 Å². The van der Waals surface area contributed by atoms with Gasteiger partial charge in [0, 0.05) is 129 Å². The molecule has 0 aliphatic carbocycles. The Morgan fingerprint density at radius 1 is 0.206 bits per heavy atom. The second-order valence-electron chi connectivity index (χ2n) is 38.7. The molecular formula is C114H144N14O8. The van der Waals surface area contributed by atoms with Gasteiger partial charge in [-0.2, -0.15) is 0 Å². The van der Waals surface area contributed by atoms with Crippen LogP contribution in [0.4, 0.5) is 0 Å². The fraction of sp³-hybridized carbons (Fsp3) is 0.447. The number of hydrogen-bond acceptors (Lipinski definition) is 15. The summed E-state index contributed by atoms with van der Waals surface area (Å²) >= 11 is 0. The lowest BCUT2D eigenvalue weighted by Gasteiger charge is -2.26. The Morgan fingerprint density at radius 3 is 0.684 bits per heavy atom. The number of aromatic amines is 7. The molecule has 22 heteroatoms. The molecule has 0 atom stereocenters. The lowest BCUT2D eigenvalue weighted by molar-refractivity contribution is 0.226. The maximum atomic E-state index is 12.1. The summed E-state index contributed by atoms with van der Waals surface area (Å²) in [6.45, 7) is 30.8. The standard InChI is InChI=1S/3C17H22N2O.C16H20N2O2.2C16H20N2O.C15H18N2O/c1-13-6-4-8-15-16(13)12-14(18-17(15)20)7-5-11-19-9-2-3-10-19;1-13-6-5-7-15-16(13)12-14(18-17(15)20)8-11-19-9-3-2-4-10-19;20-17-16-9-3-2-7-14(16)13-15(18-17)8-6-12-19-10-4-1-5-11-19;19-15-7-3-6-13-14(15)11-12(17-16(13)20)5-4-10-18-8-1-2-9-18;1-12-5-4-6-14-15(12)11-13(17-16(14)19)7-10-18-8-2-3-9-18;19-16-15-7-3-2-6-13(15)12-14(17-16)8-11-18-9-4-1-5-10-18;18-15-14-6-2-1-5-12(14)11-13(16-15)7-10-17-8-3-4-9-17/h4,6,8,12H,2-3,5,7,9-11H2,1H3,(H,18,20);5-7,12H,2-4,8-11H2,1H3,(H,18,20);2-3,7,9,13H,1,4-6,8,10-12H2,(H,18,20);3,6-7,11,19H,1-2,4-5,8-10H2,(H,17,20);4-6,11H,2-3,7-10H2,1H3,(H,17,19);2-3,6-7,12H,1,4-5,8-11H2,(H,17,19);1-2,5-6,11H,3-4,7-10H2,(H,16,18). The lowest BCUT2D eigenvalue weighted by atomic mass is 10.1. The summed E-state index contributed by atoms with van der Waals surface area (Å²) in [6, 6.07) is 60.8. The molecule has 22 nitrogen and oxygen atoms in total. The second kappa shape index (κ2) is 50.6. The number of pyridine rings is 7. The van der Waals surface area contributed by atoms with E-state index in [0.29, 0.717) is 10.8 Å². The maximum Gasteiger partial charge on any atom is 0.256 e. The van der Waals surface area contributed by atoms with Crippen molar-refractivity contribution in [3.8, 4) is 5.75 Å². The zero-order valence-electron chi connectivity index (χ0n) is 80.8. The first kappa shape index (κ1) is 99.0. The summed E-state index contributed by atoms with van der Waals surface area (Å²) in [5, 5.41) is 22.2. The average Bonchev–Trinajstić information content (AvgIpc) is 0.851. The first-order valence-electron chi connectivity index (χ1n) is 51.0. The monoisotopic (exact) mass is 1840 g/mol. The van der Waals surface area contributed by atoms with E-state index in [1.165, 1.54) is 217 Å². The van der Waals surface area contributed by atoms with Gasteiger partial charge in [-0.25, -0.2) is 0 Å². The average molecular weight is 1840 g/mol. The molecule has 7 aromatic carbocycles. The van der Waals surface area contributed by atoms with Crippen LogP contribution < -0.4 is 38.9 Å². The van der Waals surface area contributed by atoms with Crippen LogP contribution in [0.15, 0.2) is 222 Å². The topological polar surface area (TPSA) is 273 Å². The Hall–Kier alpha value is -11.5. The molecular weight excluding hydrogens is 1690 g/mol. The van der Waals surface area contributed by atoms with E-state index in [-0.39, 0.29) is 44.7 Å². The molecule has 7 aliphatic rings. The van der Waals surface area contributed by atoms with E-state index in [9.17, 15) is 38.7 Å². The Labute approximate surface area is 799 Å². The fourth-order valence-corrected chi connectivity index (χ4v) is 20.7. The normalized spacial score (nSPS) is 16.4. The number of aryl methyl sites for hydroxylation is 6. The smallest absolute Gasteiger partial charge is 0.256 e. The molecule has 0 unspecified atom stereocenters. The van der Waals surface area contributed by atoms with E-state index in [1.54, 1.807) is 18.2 Å². The van der Waals surface area contributed by atoms with Gasteiger partial charge in [-0.15, -0.1) is 0 Å². The van der Waals surface area contributed by atoms with E-state index in [2.05, 4.69) is 145 Å². The van der Waals surface area contributed by atoms with E-state index < -0.39 is 0 Å². The van der Waals surface area contributed by atoms with Crippen LogP contribution >= 0.6 is 0 Å². The zero-order chi connectivity index (χ0) is 94.3. The first-order chi connectivity index (χ1) is 66.4. The first-order valence-corrected chi connectivity index (χ1v) is 51.0. The van der Waals surface area contributed by atoms with Crippen molar-refractivity contribution in [2.24, 2.45) is 0 Å². The summed E-state index contributed by atoms with van der Waals surface area (Å²) in [4.78, 5) is 123. The van der Waals surface area contributed by atoms with Gasteiger partial charge in [0.15, 0.2) is 0 Å². The minimum atomic E-state index is -0.116. The summed E-state index contributed by atoms with van der Waals surface area (Å²) in [7, 11) is 0. The number of aromatic nitrogens is 7. The number of phenols is 1. The third-order valence-corrected chi connectivity index (χ3v) is 28.5. The molecule has 0 amide bonds. The molecule has 7 fully saturated rings. The van der Waals surface area contributed by atoms with Crippen LogP contribution in [0.25, 0.3) is 75.4 Å². The van der Waals surface area contributed by atoms with Crippen LogP contribution in [0, 0.1) is 20.8 Å². The van der Waals surface area contributed by atoms with Crippen molar-refractivity contribution in [2.45, 2.75) is 194 Å². The van der Waals surface area contributed by atoms with Gasteiger partial charge in [0.25, 0.3) is 38.9 Å². The van der Waals surface area contributed by atoms with Crippen LogP contribution in [-0.4, -0.2) is 212 Å². The number of benzene rings is 7. The number of nitrogens with one attached hydrogen (secondary N) is 7. The number of rotatable bonds is 24. The molecule has 14 heterocycles. The lowest BCUT2D eigenvalue weighted by Crippen LogP contribution is -2.31. The number of phenolic OH excluding ortho intramolecular Hbond substituents is 1. The molecule has 718 valence electrons. The zero-order valence-corrected chi connectivity index (χ0v) is 80.8. The summed E-state index contributed by atoms with van der Waals surface area (Å²) in [5.74, 6) is 0.175. The van der Waals surface area contributed by atoms with Crippen LogP contribution in [0.1, 0.15) is 185 Å². The number of fused-ring (bicyclic) bond motifs is 7. The van der Waals surface area contributed by atoms with Gasteiger partial charge >= 0.3 is 0 Å². The predicted molar refractivity (Wildman–Crippen MR) is 561 cm³/mol. The van der Waals surface area contributed by atoms with Crippen molar-refractivity contribution < 1.29 is 5.11 Å². The van der Waals surface area contributed by atoms with Crippen molar-refractivity contribution >= 4 is 75.4 Å². The quantitative estimate of drug-likeness (QED) is 0.0279. The largest absolute Gasteiger partial charge is 0.507 e. The van der Waals surface area contributed by atoms with Crippen LogP contribution in [0.3, 0.4) is 0 Å². The predicted octanol–water partition coefficient (Wildman–Crippen LogP) is 18.1. The van der Waals surface area contributed by atoms with Crippen molar-refractivity contribution in [1.29, 1.82) is 0 Å². The highest BCUT2D eigenvalue weighted by Crippen LogP contribution is 2.26. The SMILES string of the molecule is Cc1cccc2c(=O)[nH]c(CCCN3CCCC3)cc12.Cc1cccc2c(=O)[nH]c(CCN3CCCC3)cc12.Cc1cccc2c(=O)[nH]c(CCN3CCCCC3)cc12.O=c1[nH]c(CCCN2CCCC2)cc2c(O)cccc12.O=c1[nH]c(CCCN2CCCCC2)cc2ccccc12.O=c1[nH]c(CCN2CCCC2)cc2ccccc12.O=c1[nH]c(CCN2CCCCC2)cc2ccccc12. The molecule has 0 radical (unpaired) electrons. The number of piperidine rings is 3. The van der Waals surface area contributed by atoms with Crippen LogP contribution in [0.5, 0.6) is 5.75 Å². The highest BCUT2D eigenvalue weighted by Gasteiger charge is 2.20. The molecule has 136 heavy (non-hydrogen) atoms. The van der Waals surface area contributed by atoms with E-state index in [0.717, 1.165) is 215 Å².